The highest BCUT2D eigenvalue weighted by Gasteiger charge is 2.24. The first-order valence-corrected chi connectivity index (χ1v) is 8.45. The number of aliphatic hydroxyl groups is 1. The monoisotopic (exact) mass is 333 g/mol. The molecule has 25 heavy (non-hydrogen) atoms. The molecule has 3 nitrogen and oxygen atoms in total. The Bertz CT molecular complexity index is 735. The number of rotatable bonds is 7. The minimum Gasteiger partial charge on any atom is -0.495 e. The van der Waals surface area contributed by atoms with Crippen molar-refractivity contribution in [3.63, 3.8) is 0 Å². The number of benzene rings is 3. The molecule has 0 bridgehead atoms. The van der Waals surface area contributed by atoms with Crippen LogP contribution in [-0.4, -0.2) is 25.4 Å². The maximum absolute atomic E-state index is 9.72. The van der Waals surface area contributed by atoms with Gasteiger partial charge in [-0.3, -0.25) is 0 Å². The van der Waals surface area contributed by atoms with Crippen molar-refractivity contribution in [2.75, 3.05) is 25.2 Å². The number of aliphatic hydroxyl groups excluding tert-OH is 1. The molecular formula is C22H23NO2. The maximum atomic E-state index is 9.72. The number of ether oxygens (including phenoxy) is 1. The molecular weight excluding hydrogens is 310 g/mol. The normalized spacial score (nSPS) is 10.7. The fourth-order valence-electron chi connectivity index (χ4n) is 3.19. The van der Waals surface area contributed by atoms with E-state index >= 15 is 0 Å². The molecule has 0 saturated heterocycles. The van der Waals surface area contributed by atoms with E-state index in [2.05, 4.69) is 29.2 Å². The van der Waals surface area contributed by atoms with Crippen LogP contribution in [0, 0.1) is 0 Å². The molecule has 0 atom stereocenters. The highest BCUT2D eigenvalue weighted by Crippen LogP contribution is 2.37. The number of hydrogen-bond acceptors (Lipinski definition) is 3. The van der Waals surface area contributed by atoms with Gasteiger partial charge >= 0.3 is 0 Å². The summed E-state index contributed by atoms with van der Waals surface area (Å²) in [7, 11) is 1.68. The minimum absolute atomic E-state index is 0.00847. The Morgan fingerprint density at radius 3 is 1.84 bits per heavy atom. The third-order valence-corrected chi connectivity index (χ3v) is 4.28. The molecule has 0 aromatic heterocycles. The predicted octanol–water partition coefficient (Wildman–Crippen LogP) is 4.28. The van der Waals surface area contributed by atoms with Gasteiger partial charge in [0, 0.05) is 6.54 Å². The van der Waals surface area contributed by atoms with Gasteiger partial charge < -0.3 is 14.7 Å². The van der Waals surface area contributed by atoms with Crippen molar-refractivity contribution in [1.29, 1.82) is 0 Å². The van der Waals surface area contributed by atoms with Crippen LogP contribution in [0.2, 0.25) is 0 Å². The summed E-state index contributed by atoms with van der Waals surface area (Å²) in [4.78, 5) is 2.20. The molecule has 0 fully saturated rings. The minimum atomic E-state index is -0.00847. The van der Waals surface area contributed by atoms with Crippen molar-refractivity contribution in [3.8, 4) is 5.75 Å². The molecule has 0 aliphatic heterocycles. The van der Waals surface area contributed by atoms with Gasteiger partial charge in [-0.1, -0.05) is 72.8 Å². The van der Waals surface area contributed by atoms with Crippen LogP contribution >= 0.6 is 0 Å². The first-order valence-electron chi connectivity index (χ1n) is 8.45. The molecule has 0 aliphatic carbocycles. The van der Waals surface area contributed by atoms with E-state index in [1.807, 2.05) is 60.7 Å². The number of para-hydroxylation sites is 2. The number of hydrogen-bond donors (Lipinski definition) is 1. The Labute approximate surface area is 149 Å². The molecule has 0 radical (unpaired) electrons. The van der Waals surface area contributed by atoms with Gasteiger partial charge in [-0.2, -0.15) is 0 Å². The van der Waals surface area contributed by atoms with Crippen LogP contribution in [-0.2, 0) is 0 Å². The Morgan fingerprint density at radius 2 is 1.32 bits per heavy atom. The zero-order valence-corrected chi connectivity index (χ0v) is 14.4. The second-order valence-corrected chi connectivity index (χ2v) is 5.81. The van der Waals surface area contributed by atoms with Gasteiger partial charge in [0.2, 0.25) is 0 Å². The molecule has 0 aliphatic rings. The largest absolute Gasteiger partial charge is 0.495 e. The van der Waals surface area contributed by atoms with Crippen LogP contribution in [0.5, 0.6) is 5.75 Å². The summed E-state index contributed by atoms with van der Waals surface area (Å²) >= 11 is 0. The summed E-state index contributed by atoms with van der Waals surface area (Å²) in [6.45, 7) is 0.572. The summed E-state index contributed by atoms with van der Waals surface area (Å²) in [5.41, 5.74) is 3.32. The summed E-state index contributed by atoms with van der Waals surface area (Å²) < 4.78 is 5.57. The van der Waals surface area contributed by atoms with Crippen LogP contribution in [0.15, 0.2) is 84.9 Å². The van der Waals surface area contributed by atoms with Crippen molar-refractivity contribution in [1.82, 2.24) is 0 Å². The zero-order chi connectivity index (χ0) is 17.5. The van der Waals surface area contributed by atoms with Crippen LogP contribution in [0.4, 0.5) is 5.69 Å². The standard InChI is InChI=1S/C22H23NO2/c1-25-21-15-9-8-14-20(21)23(16-17-24)22(18-10-4-2-5-11-18)19-12-6-3-7-13-19/h2-15,22,24H,16-17H2,1H3. The molecule has 0 amide bonds. The van der Waals surface area contributed by atoms with E-state index in [-0.39, 0.29) is 12.6 Å². The molecule has 1 N–H and O–H groups in total. The molecule has 3 aromatic carbocycles. The molecule has 128 valence electrons. The third-order valence-electron chi connectivity index (χ3n) is 4.28. The second kappa shape index (κ2) is 8.36. The zero-order valence-electron chi connectivity index (χ0n) is 14.4. The molecule has 0 heterocycles. The van der Waals surface area contributed by atoms with E-state index in [1.165, 1.54) is 11.1 Å². The van der Waals surface area contributed by atoms with Gasteiger partial charge in [0.05, 0.1) is 25.4 Å². The van der Waals surface area contributed by atoms with Crippen LogP contribution in [0.1, 0.15) is 17.2 Å². The van der Waals surface area contributed by atoms with Gasteiger partial charge in [0.1, 0.15) is 5.75 Å². The van der Waals surface area contributed by atoms with Crippen molar-refractivity contribution in [2.24, 2.45) is 0 Å². The van der Waals surface area contributed by atoms with Crippen LogP contribution in [0.3, 0.4) is 0 Å². The lowest BCUT2D eigenvalue weighted by Gasteiger charge is -2.35. The topological polar surface area (TPSA) is 32.7 Å². The fourth-order valence-corrected chi connectivity index (χ4v) is 3.19. The van der Waals surface area contributed by atoms with E-state index in [4.69, 9.17) is 4.74 Å². The van der Waals surface area contributed by atoms with Gasteiger partial charge in [-0.15, -0.1) is 0 Å². The lowest BCUT2D eigenvalue weighted by Crippen LogP contribution is -2.32. The van der Waals surface area contributed by atoms with Crippen molar-refractivity contribution in [3.05, 3.63) is 96.1 Å². The number of methoxy groups -OCH3 is 1. The lowest BCUT2D eigenvalue weighted by atomic mass is 9.96. The predicted molar refractivity (Wildman–Crippen MR) is 102 cm³/mol. The highest BCUT2D eigenvalue weighted by molar-refractivity contribution is 5.61. The van der Waals surface area contributed by atoms with Crippen LogP contribution < -0.4 is 9.64 Å². The fraction of sp³-hybridized carbons (Fsp3) is 0.182. The first kappa shape index (κ1) is 17.1. The maximum Gasteiger partial charge on any atom is 0.142 e. The second-order valence-electron chi connectivity index (χ2n) is 5.81. The molecule has 3 rings (SSSR count). The number of anilines is 1. The Kier molecular flexibility index (Phi) is 5.70. The Hall–Kier alpha value is -2.78. The number of nitrogens with zero attached hydrogens (tertiary/aromatic N) is 1. The average Bonchev–Trinajstić information content (AvgIpc) is 2.69. The highest BCUT2D eigenvalue weighted by atomic mass is 16.5. The summed E-state index contributed by atoms with van der Waals surface area (Å²) in [6, 6.07) is 28.6. The Balaban J connectivity index is 2.14. The quantitative estimate of drug-likeness (QED) is 0.700. The molecule has 3 heteroatoms. The summed E-state index contributed by atoms with van der Waals surface area (Å²) in [5.74, 6) is 0.799. The van der Waals surface area contributed by atoms with Gasteiger partial charge in [0.25, 0.3) is 0 Å². The third kappa shape index (κ3) is 3.83. The first-order chi connectivity index (χ1) is 12.3. The Morgan fingerprint density at radius 1 is 0.800 bits per heavy atom. The van der Waals surface area contributed by atoms with Crippen LogP contribution in [0.25, 0.3) is 0 Å². The van der Waals surface area contributed by atoms with Crippen molar-refractivity contribution >= 4 is 5.69 Å². The van der Waals surface area contributed by atoms with E-state index in [9.17, 15) is 5.11 Å². The molecule has 3 aromatic rings. The molecule has 0 saturated carbocycles. The average molecular weight is 333 g/mol. The van der Waals surface area contributed by atoms with Gasteiger partial charge in [-0.05, 0) is 23.3 Å². The van der Waals surface area contributed by atoms with Gasteiger partial charge in [0.15, 0.2) is 0 Å². The van der Waals surface area contributed by atoms with E-state index in [0.29, 0.717) is 6.54 Å². The lowest BCUT2D eigenvalue weighted by molar-refractivity contribution is 0.298. The smallest absolute Gasteiger partial charge is 0.142 e. The summed E-state index contributed by atoms with van der Waals surface area (Å²) in [5, 5.41) is 9.72. The van der Waals surface area contributed by atoms with E-state index < -0.39 is 0 Å². The summed E-state index contributed by atoms with van der Waals surface area (Å²) in [6.07, 6.45) is 0. The SMILES string of the molecule is COc1ccccc1N(CCO)C(c1ccccc1)c1ccccc1. The van der Waals surface area contributed by atoms with E-state index in [0.717, 1.165) is 11.4 Å². The van der Waals surface area contributed by atoms with Crippen molar-refractivity contribution < 1.29 is 9.84 Å². The molecule has 0 spiro atoms. The molecule has 0 unspecified atom stereocenters. The van der Waals surface area contributed by atoms with Crippen molar-refractivity contribution in [2.45, 2.75) is 6.04 Å². The van der Waals surface area contributed by atoms with E-state index in [1.54, 1.807) is 7.11 Å². The van der Waals surface area contributed by atoms with Gasteiger partial charge in [-0.25, -0.2) is 0 Å².